The van der Waals surface area contributed by atoms with E-state index in [2.05, 4.69) is 11.6 Å². The molecule has 1 rings (SSSR count). The summed E-state index contributed by atoms with van der Waals surface area (Å²) in [6.45, 7) is 6.29. The molecule has 0 aromatic heterocycles. The zero-order valence-corrected chi connectivity index (χ0v) is 12.3. The van der Waals surface area contributed by atoms with Crippen LogP contribution in [0.3, 0.4) is 0 Å². The van der Waals surface area contributed by atoms with Crippen LogP contribution in [-0.2, 0) is 0 Å². The van der Waals surface area contributed by atoms with Crippen LogP contribution in [0, 0.1) is 0 Å². The Balaban J connectivity index is 2.66. The van der Waals surface area contributed by atoms with E-state index in [1.54, 1.807) is 0 Å². The molecule has 0 aliphatic rings. The normalized spacial score (nSPS) is 10.2. The third-order valence-electron chi connectivity index (χ3n) is 2.40. The Kier molecular flexibility index (Phi) is 7.49. The summed E-state index contributed by atoms with van der Waals surface area (Å²) < 4.78 is 11.1. The lowest BCUT2D eigenvalue weighted by atomic mass is 10.2. The Hall–Kier alpha value is -1.03. The Bertz CT molecular complexity index is 345. The van der Waals surface area contributed by atoms with Gasteiger partial charge in [-0.05, 0) is 44.4 Å². The SMILES string of the molecule is CCOc1ccc(OCC)c(NCCCSC)c1. The minimum atomic E-state index is 0.674. The Labute approximate surface area is 114 Å². The number of benzene rings is 1. The highest BCUT2D eigenvalue weighted by atomic mass is 32.2. The van der Waals surface area contributed by atoms with Gasteiger partial charge in [0.15, 0.2) is 0 Å². The molecule has 1 aromatic carbocycles. The minimum absolute atomic E-state index is 0.674. The van der Waals surface area contributed by atoms with Gasteiger partial charge in [0.2, 0.25) is 0 Å². The molecule has 0 bridgehead atoms. The number of hydrogen-bond acceptors (Lipinski definition) is 4. The van der Waals surface area contributed by atoms with Gasteiger partial charge >= 0.3 is 0 Å². The second-order valence-corrected chi connectivity index (χ2v) is 4.78. The summed E-state index contributed by atoms with van der Waals surface area (Å²) in [5.41, 5.74) is 1.02. The molecule has 102 valence electrons. The number of rotatable bonds is 9. The van der Waals surface area contributed by atoms with E-state index in [1.807, 2.05) is 43.8 Å². The summed E-state index contributed by atoms with van der Waals surface area (Å²) in [5.74, 6) is 2.95. The quantitative estimate of drug-likeness (QED) is 0.693. The van der Waals surface area contributed by atoms with E-state index in [0.29, 0.717) is 13.2 Å². The van der Waals surface area contributed by atoms with Gasteiger partial charge in [0.05, 0.1) is 18.9 Å². The van der Waals surface area contributed by atoms with Gasteiger partial charge in [0, 0.05) is 12.6 Å². The lowest BCUT2D eigenvalue weighted by Gasteiger charge is -2.14. The fraction of sp³-hybridized carbons (Fsp3) is 0.571. The van der Waals surface area contributed by atoms with Crippen molar-refractivity contribution in [3.05, 3.63) is 18.2 Å². The van der Waals surface area contributed by atoms with Crippen LogP contribution in [0.1, 0.15) is 20.3 Å². The van der Waals surface area contributed by atoms with E-state index >= 15 is 0 Å². The number of ether oxygens (including phenoxy) is 2. The lowest BCUT2D eigenvalue weighted by Crippen LogP contribution is -2.05. The third kappa shape index (κ3) is 5.08. The fourth-order valence-corrected chi connectivity index (χ4v) is 2.06. The van der Waals surface area contributed by atoms with E-state index in [-0.39, 0.29) is 0 Å². The first-order valence-electron chi connectivity index (χ1n) is 6.44. The monoisotopic (exact) mass is 269 g/mol. The van der Waals surface area contributed by atoms with E-state index < -0.39 is 0 Å². The Morgan fingerprint density at radius 1 is 1.17 bits per heavy atom. The summed E-state index contributed by atoms with van der Waals surface area (Å²) >= 11 is 1.87. The summed E-state index contributed by atoms with van der Waals surface area (Å²) in [6, 6.07) is 5.92. The second-order valence-electron chi connectivity index (χ2n) is 3.80. The molecule has 1 N–H and O–H groups in total. The van der Waals surface area contributed by atoms with Crippen LogP contribution in [0.4, 0.5) is 5.69 Å². The molecular weight excluding hydrogens is 246 g/mol. The Morgan fingerprint density at radius 2 is 1.94 bits per heavy atom. The minimum Gasteiger partial charge on any atom is -0.494 e. The molecule has 0 aliphatic carbocycles. The van der Waals surface area contributed by atoms with Crippen molar-refractivity contribution in [1.29, 1.82) is 0 Å². The van der Waals surface area contributed by atoms with Crippen LogP contribution in [0.5, 0.6) is 11.5 Å². The van der Waals surface area contributed by atoms with Crippen molar-refractivity contribution in [3.8, 4) is 11.5 Å². The van der Waals surface area contributed by atoms with Gasteiger partial charge in [-0.15, -0.1) is 0 Å². The maximum atomic E-state index is 5.60. The molecule has 0 saturated heterocycles. The van der Waals surface area contributed by atoms with Gasteiger partial charge in [-0.1, -0.05) is 0 Å². The lowest BCUT2D eigenvalue weighted by molar-refractivity contribution is 0.332. The number of hydrogen-bond donors (Lipinski definition) is 1. The summed E-state index contributed by atoms with van der Waals surface area (Å²) in [7, 11) is 0. The first-order valence-corrected chi connectivity index (χ1v) is 7.83. The molecule has 0 amide bonds. The van der Waals surface area contributed by atoms with Crippen molar-refractivity contribution in [1.82, 2.24) is 0 Å². The summed E-state index contributed by atoms with van der Waals surface area (Å²) in [5, 5.41) is 3.41. The predicted molar refractivity (Wildman–Crippen MR) is 80.3 cm³/mol. The van der Waals surface area contributed by atoms with Crippen molar-refractivity contribution < 1.29 is 9.47 Å². The fourth-order valence-electron chi connectivity index (χ4n) is 1.62. The summed E-state index contributed by atoms with van der Waals surface area (Å²) in [6.07, 6.45) is 3.27. The largest absolute Gasteiger partial charge is 0.494 e. The summed E-state index contributed by atoms with van der Waals surface area (Å²) in [4.78, 5) is 0. The van der Waals surface area contributed by atoms with Gasteiger partial charge in [-0.3, -0.25) is 0 Å². The first-order chi connectivity index (χ1) is 8.81. The molecule has 4 heteroatoms. The van der Waals surface area contributed by atoms with Crippen LogP contribution >= 0.6 is 11.8 Å². The van der Waals surface area contributed by atoms with Gasteiger partial charge in [-0.25, -0.2) is 0 Å². The van der Waals surface area contributed by atoms with Crippen LogP contribution in [0.2, 0.25) is 0 Å². The molecule has 3 nitrogen and oxygen atoms in total. The molecule has 1 aromatic rings. The second kappa shape index (κ2) is 8.97. The number of nitrogens with one attached hydrogen (secondary N) is 1. The highest BCUT2D eigenvalue weighted by Gasteiger charge is 2.05. The zero-order valence-electron chi connectivity index (χ0n) is 11.5. The van der Waals surface area contributed by atoms with Gasteiger partial charge < -0.3 is 14.8 Å². The molecule has 0 radical (unpaired) electrons. The maximum Gasteiger partial charge on any atom is 0.142 e. The molecule has 0 heterocycles. The van der Waals surface area contributed by atoms with Crippen LogP contribution in [-0.4, -0.2) is 31.8 Å². The maximum absolute atomic E-state index is 5.60. The smallest absolute Gasteiger partial charge is 0.142 e. The third-order valence-corrected chi connectivity index (χ3v) is 3.10. The van der Waals surface area contributed by atoms with Gasteiger partial charge in [0.1, 0.15) is 11.5 Å². The topological polar surface area (TPSA) is 30.5 Å². The van der Waals surface area contributed by atoms with E-state index in [0.717, 1.165) is 30.2 Å². The molecule has 0 atom stereocenters. The number of thioether (sulfide) groups is 1. The molecule has 0 fully saturated rings. The first kappa shape index (κ1) is 15.0. The van der Waals surface area contributed by atoms with Crippen LogP contribution in [0.15, 0.2) is 18.2 Å². The van der Waals surface area contributed by atoms with E-state index in [1.165, 1.54) is 5.75 Å². The van der Waals surface area contributed by atoms with E-state index in [9.17, 15) is 0 Å². The molecule has 0 saturated carbocycles. The van der Waals surface area contributed by atoms with Gasteiger partial charge in [0.25, 0.3) is 0 Å². The molecule has 0 spiro atoms. The molecule has 18 heavy (non-hydrogen) atoms. The molecule has 0 aliphatic heterocycles. The average molecular weight is 269 g/mol. The molecular formula is C14H23NO2S. The highest BCUT2D eigenvalue weighted by Crippen LogP contribution is 2.29. The van der Waals surface area contributed by atoms with Crippen molar-refractivity contribution >= 4 is 17.4 Å². The van der Waals surface area contributed by atoms with E-state index in [4.69, 9.17) is 9.47 Å². The average Bonchev–Trinajstić information content (AvgIpc) is 2.38. The molecule has 0 unspecified atom stereocenters. The van der Waals surface area contributed by atoms with Crippen molar-refractivity contribution in [2.24, 2.45) is 0 Å². The predicted octanol–water partition coefficient (Wildman–Crippen LogP) is 3.65. The highest BCUT2D eigenvalue weighted by molar-refractivity contribution is 7.98. The Morgan fingerprint density at radius 3 is 2.61 bits per heavy atom. The van der Waals surface area contributed by atoms with Gasteiger partial charge in [-0.2, -0.15) is 11.8 Å². The van der Waals surface area contributed by atoms with Crippen molar-refractivity contribution in [3.63, 3.8) is 0 Å². The number of anilines is 1. The van der Waals surface area contributed by atoms with Crippen LogP contribution < -0.4 is 14.8 Å². The standard InChI is InChI=1S/C14H23NO2S/c1-4-16-12-7-8-14(17-5-2)13(11-12)15-9-6-10-18-3/h7-8,11,15H,4-6,9-10H2,1-3H3. The van der Waals surface area contributed by atoms with Crippen molar-refractivity contribution in [2.45, 2.75) is 20.3 Å². The van der Waals surface area contributed by atoms with Crippen LogP contribution in [0.25, 0.3) is 0 Å². The van der Waals surface area contributed by atoms with Crippen molar-refractivity contribution in [2.75, 3.05) is 37.1 Å². The zero-order chi connectivity index (χ0) is 13.2.